The first kappa shape index (κ1) is 19.6. The fourth-order valence-corrected chi connectivity index (χ4v) is 2.97. The van der Waals surface area contributed by atoms with Gasteiger partial charge in [-0.2, -0.15) is 0 Å². The number of aromatic nitrogens is 2. The van der Waals surface area contributed by atoms with Gasteiger partial charge in [-0.3, -0.25) is 4.79 Å². The van der Waals surface area contributed by atoms with Gasteiger partial charge in [-0.25, -0.2) is 9.97 Å². The summed E-state index contributed by atoms with van der Waals surface area (Å²) in [4.78, 5) is 21.1. The van der Waals surface area contributed by atoms with Crippen LogP contribution in [0.5, 0.6) is 5.75 Å². The highest BCUT2D eigenvalue weighted by atomic mass is 35.5. The van der Waals surface area contributed by atoms with Crippen molar-refractivity contribution in [2.45, 2.75) is 20.4 Å². The van der Waals surface area contributed by atoms with E-state index in [0.717, 1.165) is 16.8 Å². The van der Waals surface area contributed by atoms with Gasteiger partial charge >= 0.3 is 0 Å². The maximum Gasteiger partial charge on any atom is 0.270 e. The van der Waals surface area contributed by atoms with Gasteiger partial charge in [0.05, 0.1) is 12.1 Å². The summed E-state index contributed by atoms with van der Waals surface area (Å²) in [6.07, 6.45) is 0. The number of hydrogen-bond donors (Lipinski definition) is 2. The standard InChI is InChI=1S/C21H21ClN4O2/c1-13-6-4-5-7-15(13)12-23-21(27)18-11-20(25-14(2)24-18)26-16-8-9-19(28-3)17(22)10-16/h4-11H,12H2,1-3H3,(H,23,27)(H,24,25,26). The number of nitrogens with one attached hydrogen (secondary N) is 2. The molecule has 1 aromatic heterocycles. The lowest BCUT2D eigenvalue weighted by Crippen LogP contribution is -2.24. The van der Waals surface area contributed by atoms with Crippen molar-refractivity contribution in [1.82, 2.24) is 15.3 Å². The number of ether oxygens (including phenoxy) is 1. The zero-order valence-electron chi connectivity index (χ0n) is 15.9. The van der Waals surface area contributed by atoms with Crippen LogP contribution in [0.3, 0.4) is 0 Å². The lowest BCUT2D eigenvalue weighted by atomic mass is 10.1. The van der Waals surface area contributed by atoms with E-state index in [1.54, 1.807) is 32.2 Å². The molecule has 0 aliphatic heterocycles. The van der Waals surface area contributed by atoms with E-state index in [4.69, 9.17) is 16.3 Å². The molecule has 0 saturated heterocycles. The van der Waals surface area contributed by atoms with Gasteiger partial charge in [-0.05, 0) is 43.2 Å². The van der Waals surface area contributed by atoms with E-state index in [-0.39, 0.29) is 5.91 Å². The smallest absolute Gasteiger partial charge is 0.270 e. The molecule has 2 N–H and O–H groups in total. The van der Waals surface area contributed by atoms with Crippen molar-refractivity contribution in [3.63, 3.8) is 0 Å². The van der Waals surface area contributed by atoms with E-state index < -0.39 is 0 Å². The van der Waals surface area contributed by atoms with Crippen LogP contribution in [-0.4, -0.2) is 23.0 Å². The molecule has 0 aliphatic rings. The summed E-state index contributed by atoms with van der Waals surface area (Å²) in [5.74, 6) is 1.33. The molecule has 1 amide bonds. The monoisotopic (exact) mass is 396 g/mol. The van der Waals surface area contributed by atoms with Crippen molar-refractivity contribution in [1.29, 1.82) is 0 Å². The molecule has 0 atom stereocenters. The van der Waals surface area contributed by atoms with Crippen LogP contribution in [0, 0.1) is 13.8 Å². The Morgan fingerprint density at radius 3 is 2.61 bits per heavy atom. The van der Waals surface area contributed by atoms with Crippen molar-refractivity contribution in [2.75, 3.05) is 12.4 Å². The Hall–Kier alpha value is -3.12. The Morgan fingerprint density at radius 1 is 1.11 bits per heavy atom. The normalized spacial score (nSPS) is 10.4. The molecular formula is C21H21ClN4O2. The van der Waals surface area contributed by atoms with Crippen molar-refractivity contribution < 1.29 is 9.53 Å². The van der Waals surface area contributed by atoms with Crippen molar-refractivity contribution in [3.05, 3.63) is 76.2 Å². The fraction of sp³-hybridized carbons (Fsp3) is 0.190. The molecule has 0 fully saturated rings. The highest BCUT2D eigenvalue weighted by Gasteiger charge is 2.12. The number of carbonyl (C=O) groups is 1. The number of carbonyl (C=O) groups excluding carboxylic acids is 1. The third-order valence-corrected chi connectivity index (χ3v) is 4.49. The zero-order chi connectivity index (χ0) is 20.1. The second kappa shape index (κ2) is 8.71. The number of anilines is 2. The molecule has 1 heterocycles. The van der Waals surface area contributed by atoms with E-state index in [0.29, 0.717) is 34.7 Å². The number of rotatable bonds is 6. The molecule has 7 heteroatoms. The number of halogens is 1. The summed E-state index contributed by atoms with van der Waals surface area (Å²) >= 11 is 6.16. The topological polar surface area (TPSA) is 76.1 Å². The van der Waals surface area contributed by atoms with Gasteiger partial charge in [0.25, 0.3) is 5.91 Å². The van der Waals surface area contributed by atoms with Crippen LogP contribution in [0.2, 0.25) is 5.02 Å². The van der Waals surface area contributed by atoms with Gasteiger partial charge in [0.1, 0.15) is 23.1 Å². The number of methoxy groups -OCH3 is 1. The molecule has 0 radical (unpaired) electrons. The molecule has 3 aromatic rings. The summed E-state index contributed by atoms with van der Waals surface area (Å²) in [6.45, 7) is 4.19. The number of amides is 1. The summed E-state index contributed by atoms with van der Waals surface area (Å²) < 4.78 is 5.15. The lowest BCUT2D eigenvalue weighted by Gasteiger charge is -2.11. The van der Waals surface area contributed by atoms with Gasteiger partial charge in [0, 0.05) is 18.3 Å². The fourth-order valence-electron chi connectivity index (χ4n) is 2.71. The third-order valence-electron chi connectivity index (χ3n) is 4.20. The average molecular weight is 397 g/mol. The number of hydrogen-bond acceptors (Lipinski definition) is 5. The van der Waals surface area contributed by atoms with Crippen LogP contribution >= 0.6 is 11.6 Å². The number of aryl methyl sites for hydroxylation is 2. The molecule has 0 saturated carbocycles. The maximum absolute atomic E-state index is 12.6. The summed E-state index contributed by atoms with van der Waals surface area (Å²) in [6, 6.07) is 14.8. The van der Waals surface area contributed by atoms with Gasteiger partial charge in [-0.1, -0.05) is 35.9 Å². The minimum Gasteiger partial charge on any atom is -0.495 e. The van der Waals surface area contributed by atoms with E-state index in [1.165, 1.54) is 0 Å². The number of nitrogens with zero attached hydrogens (tertiary/aromatic N) is 2. The first-order chi connectivity index (χ1) is 13.5. The maximum atomic E-state index is 12.6. The summed E-state index contributed by atoms with van der Waals surface area (Å²) in [5, 5.41) is 6.53. The minimum absolute atomic E-state index is 0.260. The Kier molecular flexibility index (Phi) is 6.11. The van der Waals surface area contributed by atoms with Gasteiger partial charge in [-0.15, -0.1) is 0 Å². The SMILES string of the molecule is COc1ccc(Nc2cc(C(=O)NCc3ccccc3C)nc(C)n2)cc1Cl. The van der Waals surface area contributed by atoms with E-state index in [9.17, 15) is 4.79 Å². The quantitative estimate of drug-likeness (QED) is 0.644. The Balaban J connectivity index is 1.74. The first-order valence-electron chi connectivity index (χ1n) is 8.75. The molecule has 2 aromatic carbocycles. The van der Waals surface area contributed by atoms with Crippen LogP contribution in [0.1, 0.15) is 27.4 Å². The van der Waals surface area contributed by atoms with E-state index in [1.807, 2.05) is 37.3 Å². The molecule has 3 rings (SSSR count). The Morgan fingerprint density at radius 2 is 1.89 bits per heavy atom. The predicted molar refractivity (Wildman–Crippen MR) is 110 cm³/mol. The van der Waals surface area contributed by atoms with E-state index in [2.05, 4.69) is 20.6 Å². The molecular weight excluding hydrogens is 376 g/mol. The zero-order valence-corrected chi connectivity index (χ0v) is 16.7. The average Bonchev–Trinajstić information content (AvgIpc) is 2.67. The second-order valence-electron chi connectivity index (χ2n) is 6.27. The van der Waals surface area contributed by atoms with Crippen LogP contribution in [-0.2, 0) is 6.54 Å². The van der Waals surface area contributed by atoms with Gasteiger partial charge in [0.15, 0.2) is 0 Å². The summed E-state index contributed by atoms with van der Waals surface area (Å²) in [5.41, 5.74) is 3.21. The van der Waals surface area contributed by atoms with Crippen LogP contribution < -0.4 is 15.4 Å². The predicted octanol–water partition coefficient (Wildman–Crippen LogP) is 4.43. The van der Waals surface area contributed by atoms with E-state index >= 15 is 0 Å². The number of benzene rings is 2. The van der Waals surface area contributed by atoms with Crippen molar-refractivity contribution in [3.8, 4) is 5.75 Å². The van der Waals surface area contributed by atoms with Crippen molar-refractivity contribution >= 4 is 29.0 Å². The Bertz CT molecular complexity index is 1010. The molecule has 6 nitrogen and oxygen atoms in total. The summed E-state index contributed by atoms with van der Waals surface area (Å²) in [7, 11) is 1.56. The van der Waals surface area contributed by atoms with Crippen molar-refractivity contribution in [2.24, 2.45) is 0 Å². The van der Waals surface area contributed by atoms with Crippen LogP contribution in [0.4, 0.5) is 11.5 Å². The molecule has 0 bridgehead atoms. The molecule has 0 unspecified atom stereocenters. The lowest BCUT2D eigenvalue weighted by molar-refractivity contribution is 0.0945. The second-order valence-corrected chi connectivity index (χ2v) is 6.68. The first-order valence-corrected chi connectivity index (χ1v) is 9.13. The van der Waals surface area contributed by atoms with Crippen LogP contribution in [0.15, 0.2) is 48.5 Å². The molecule has 0 aliphatic carbocycles. The largest absolute Gasteiger partial charge is 0.495 e. The highest BCUT2D eigenvalue weighted by Crippen LogP contribution is 2.28. The van der Waals surface area contributed by atoms with Crippen LogP contribution in [0.25, 0.3) is 0 Å². The third kappa shape index (κ3) is 4.78. The highest BCUT2D eigenvalue weighted by molar-refractivity contribution is 6.32. The Labute approximate surface area is 168 Å². The minimum atomic E-state index is -0.260. The van der Waals surface area contributed by atoms with Gasteiger partial charge in [0.2, 0.25) is 0 Å². The molecule has 28 heavy (non-hydrogen) atoms. The molecule has 0 spiro atoms. The molecule has 144 valence electrons. The van der Waals surface area contributed by atoms with Gasteiger partial charge < -0.3 is 15.4 Å².